The zero-order valence-corrected chi connectivity index (χ0v) is 21.8. The van der Waals surface area contributed by atoms with Crippen LogP contribution in [-0.4, -0.2) is 75.5 Å². The zero-order chi connectivity index (χ0) is 20.5. The average Bonchev–Trinajstić information content (AvgIpc) is 2.75. The van der Waals surface area contributed by atoms with Gasteiger partial charge in [-0.3, -0.25) is 4.99 Å². The highest BCUT2D eigenvalue weighted by molar-refractivity contribution is 14.0. The van der Waals surface area contributed by atoms with Gasteiger partial charge in [0.05, 0.1) is 6.10 Å². The molecular weight excluding hydrogens is 491 g/mol. The third-order valence-corrected chi connectivity index (χ3v) is 7.32. The summed E-state index contributed by atoms with van der Waals surface area (Å²) in [5, 5.41) is 7.59. The standard InChI is InChI=1S/C23H44N4O2.HI/c1-4-24-22(25-19-10-15-27(16-11-19)14-9-17-28-3)26-20-18-21(29-5-2)23(20)12-7-6-8-13-23;/h19-21H,4-18H2,1-3H3,(H2,24,25,26);1H. The molecule has 0 aromatic carbocycles. The monoisotopic (exact) mass is 536 g/mol. The number of rotatable bonds is 9. The molecule has 1 aliphatic heterocycles. The quantitative estimate of drug-likeness (QED) is 0.203. The molecule has 1 spiro atoms. The van der Waals surface area contributed by atoms with E-state index in [2.05, 4.69) is 29.4 Å². The number of piperidine rings is 1. The van der Waals surface area contributed by atoms with Crippen LogP contribution in [0.25, 0.3) is 0 Å². The number of nitrogens with zero attached hydrogens (tertiary/aromatic N) is 2. The smallest absolute Gasteiger partial charge is 0.191 e. The van der Waals surface area contributed by atoms with Crippen LogP contribution in [0.1, 0.15) is 71.6 Å². The maximum Gasteiger partial charge on any atom is 0.191 e. The molecule has 0 bridgehead atoms. The highest BCUT2D eigenvalue weighted by Gasteiger charge is 2.55. The summed E-state index contributed by atoms with van der Waals surface area (Å²) >= 11 is 0. The van der Waals surface area contributed by atoms with Gasteiger partial charge in [-0.05, 0) is 52.4 Å². The topological polar surface area (TPSA) is 58.1 Å². The zero-order valence-electron chi connectivity index (χ0n) is 19.5. The summed E-state index contributed by atoms with van der Waals surface area (Å²) in [6.45, 7) is 10.3. The fourth-order valence-corrected chi connectivity index (χ4v) is 5.65. The summed E-state index contributed by atoms with van der Waals surface area (Å²) in [7, 11) is 1.79. The van der Waals surface area contributed by atoms with Crippen molar-refractivity contribution in [3.05, 3.63) is 0 Å². The Labute approximate surface area is 201 Å². The Morgan fingerprint density at radius 2 is 1.83 bits per heavy atom. The van der Waals surface area contributed by atoms with Gasteiger partial charge in [-0.2, -0.15) is 0 Å². The lowest BCUT2D eigenvalue weighted by Gasteiger charge is -2.58. The van der Waals surface area contributed by atoms with E-state index in [9.17, 15) is 0 Å². The molecule has 1 heterocycles. The molecule has 3 rings (SSSR count). The van der Waals surface area contributed by atoms with E-state index < -0.39 is 0 Å². The third-order valence-electron chi connectivity index (χ3n) is 7.32. The van der Waals surface area contributed by atoms with Gasteiger partial charge >= 0.3 is 0 Å². The number of likely N-dealkylation sites (tertiary alicyclic amines) is 1. The summed E-state index contributed by atoms with van der Waals surface area (Å²) in [6, 6.07) is 1.03. The van der Waals surface area contributed by atoms with Gasteiger partial charge in [0.15, 0.2) is 5.96 Å². The molecule has 7 heteroatoms. The van der Waals surface area contributed by atoms with Crippen LogP contribution in [0.2, 0.25) is 0 Å². The van der Waals surface area contributed by atoms with Crippen molar-refractivity contribution >= 4 is 29.9 Å². The number of ether oxygens (including phenoxy) is 2. The lowest BCUT2D eigenvalue weighted by molar-refractivity contribution is -0.145. The van der Waals surface area contributed by atoms with Crippen LogP contribution in [0.4, 0.5) is 0 Å². The highest BCUT2D eigenvalue weighted by atomic mass is 127. The van der Waals surface area contributed by atoms with Crippen LogP contribution >= 0.6 is 24.0 Å². The molecule has 3 aliphatic rings. The molecule has 30 heavy (non-hydrogen) atoms. The molecule has 0 aromatic rings. The molecule has 1 saturated heterocycles. The number of guanidine groups is 1. The van der Waals surface area contributed by atoms with E-state index >= 15 is 0 Å². The van der Waals surface area contributed by atoms with Crippen molar-refractivity contribution in [1.82, 2.24) is 15.5 Å². The predicted octanol–water partition coefficient (Wildman–Crippen LogP) is 3.79. The largest absolute Gasteiger partial charge is 0.385 e. The van der Waals surface area contributed by atoms with Gasteiger partial charge in [-0.1, -0.05) is 19.3 Å². The van der Waals surface area contributed by atoms with Crippen LogP contribution < -0.4 is 10.6 Å². The van der Waals surface area contributed by atoms with Crippen molar-refractivity contribution in [2.24, 2.45) is 10.4 Å². The minimum atomic E-state index is 0. The number of aliphatic imine (C=N–C) groups is 1. The van der Waals surface area contributed by atoms with Gasteiger partial charge in [0.1, 0.15) is 0 Å². The van der Waals surface area contributed by atoms with Crippen LogP contribution in [0.15, 0.2) is 4.99 Å². The Hall–Kier alpha value is -0.120. The van der Waals surface area contributed by atoms with E-state index in [-0.39, 0.29) is 24.0 Å². The van der Waals surface area contributed by atoms with E-state index in [1.165, 1.54) is 58.0 Å². The first kappa shape index (κ1) is 26.1. The van der Waals surface area contributed by atoms with Crippen molar-refractivity contribution in [3.63, 3.8) is 0 Å². The molecule has 3 fully saturated rings. The number of hydrogen-bond acceptors (Lipinski definition) is 4. The second kappa shape index (κ2) is 13.4. The van der Waals surface area contributed by atoms with E-state index in [1.54, 1.807) is 7.11 Å². The number of nitrogens with one attached hydrogen (secondary N) is 2. The van der Waals surface area contributed by atoms with Crippen molar-refractivity contribution < 1.29 is 9.47 Å². The van der Waals surface area contributed by atoms with Gasteiger partial charge in [0.2, 0.25) is 0 Å². The molecular formula is C23H45IN4O2. The molecule has 2 saturated carbocycles. The van der Waals surface area contributed by atoms with E-state index in [0.717, 1.165) is 45.1 Å². The van der Waals surface area contributed by atoms with Crippen molar-refractivity contribution in [2.75, 3.05) is 46.5 Å². The molecule has 0 aromatic heterocycles. The Kier molecular flexibility index (Phi) is 11.7. The second-order valence-electron chi connectivity index (χ2n) is 9.10. The fourth-order valence-electron chi connectivity index (χ4n) is 5.65. The molecule has 2 N–H and O–H groups in total. The number of halogens is 1. The SMILES string of the molecule is CCN=C(NC1CCN(CCCOC)CC1)NC1CC(OCC)C12CCCCC2.I. The van der Waals surface area contributed by atoms with Gasteiger partial charge in [0, 0.05) is 64.0 Å². The average molecular weight is 537 g/mol. The Morgan fingerprint density at radius 3 is 2.47 bits per heavy atom. The summed E-state index contributed by atoms with van der Waals surface area (Å²) in [5.41, 5.74) is 0.329. The van der Waals surface area contributed by atoms with Gasteiger partial charge in [0.25, 0.3) is 0 Å². The second-order valence-corrected chi connectivity index (χ2v) is 9.10. The molecule has 6 nitrogen and oxygen atoms in total. The van der Waals surface area contributed by atoms with E-state index in [1.807, 2.05) is 0 Å². The third kappa shape index (κ3) is 6.69. The van der Waals surface area contributed by atoms with Crippen LogP contribution in [0.5, 0.6) is 0 Å². The first-order chi connectivity index (χ1) is 14.2. The predicted molar refractivity (Wildman–Crippen MR) is 135 cm³/mol. The molecule has 0 amide bonds. The lowest BCUT2D eigenvalue weighted by atomic mass is 9.55. The Balaban J connectivity index is 0.00000320. The van der Waals surface area contributed by atoms with Crippen molar-refractivity contribution in [1.29, 1.82) is 0 Å². The summed E-state index contributed by atoms with van der Waals surface area (Å²) < 4.78 is 11.3. The van der Waals surface area contributed by atoms with Crippen molar-refractivity contribution in [2.45, 2.75) is 89.8 Å². The molecule has 2 unspecified atom stereocenters. The minimum absolute atomic E-state index is 0. The number of methoxy groups -OCH3 is 1. The minimum Gasteiger partial charge on any atom is -0.385 e. The highest BCUT2D eigenvalue weighted by Crippen LogP contribution is 2.53. The van der Waals surface area contributed by atoms with Crippen molar-refractivity contribution in [3.8, 4) is 0 Å². The van der Waals surface area contributed by atoms with Gasteiger partial charge in [-0.15, -0.1) is 24.0 Å². The normalized spacial score (nSPS) is 27.4. The van der Waals surface area contributed by atoms with Crippen LogP contribution in [0, 0.1) is 5.41 Å². The first-order valence-corrected chi connectivity index (χ1v) is 12.1. The summed E-state index contributed by atoms with van der Waals surface area (Å²) in [6.07, 6.45) is 11.7. The maximum absolute atomic E-state index is 6.13. The number of hydrogen-bond donors (Lipinski definition) is 2. The van der Waals surface area contributed by atoms with E-state index in [0.29, 0.717) is 23.6 Å². The van der Waals surface area contributed by atoms with Crippen LogP contribution in [0.3, 0.4) is 0 Å². The molecule has 176 valence electrons. The first-order valence-electron chi connectivity index (χ1n) is 12.1. The maximum atomic E-state index is 6.13. The van der Waals surface area contributed by atoms with E-state index in [4.69, 9.17) is 14.5 Å². The summed E-state index contributed by atoms with van der Waals surface area (Å²) in [4.78, 5) is 7.36. The van der Waals surface area contributed by atoms with Gasteiger partial charge in [-0.25, -0.2) is 0 Å². The van der Waals surface area contributed by atoms with Gasteiger partial charge < -0.3 is 25.0 Å². The fraction of sp³-hybridized carbons (Fsp3) is 0.957. The molecule has 2 aliphatic carbocycles. The Morgan fingerprint density at radius 1 is 1.10 bits per heavy atom. The molecule has 2 atom stereocenters. The lowest BCUT2D eigenvalue weighted by Crippen LogP contribution is -2.67. The summed E-state index contributed by atoms with van der Waals surface area (Å²) in [5.74, 6) is 1.02. The van der Waals surface area contributed by atoms with Crippen LogP contribution in [-0.2, 0) is 9.47 Å². The molecule has 0 radical (unpaired) electrons. The Bertz CT molecular complexity index is 505.